The Morgan fingerprint density at radius 1 is 1.38 bits per heavy atom. The van der Waals surface area contributed by atoms with Crippen molar-refractivity contribution in [2.75, 3.05) is 17.9 Å². The maximum absolute atomic E-state index is 7.99. The van der Waals surface area contributed by atoms with Crippen LogP contribution in [0.15, 0.2) is 16.9 Å². The fourth-order valence-electron chi connectivity index (χ4n) is 0.700. The van der Waals surface area contributed by atoms with Crippen LogP contribution in [-0.4, -0.2) is 23.0 Å². The third-order valence-corrected chi connectivity index (χ3v) is 1.53. The molecule has 2 rings (SSSR count). The Kier molecular flexibility index (Phi) is 0.772. The van der Waals surface area contributed by atoms with Gasteiger partial charge in [-0.25, -0.2) is 4.98 Å². The number of aromatic nitrogens is 2. The van der Waals surface area contributed by atoms with Crippen molar-refractivity contribution < 1.29 is 16.4 Å². The van der Waals surface area contributed by atoms with Crippen molar-refractivity contribution in [3.8, 4) is 0 Å². The van der Waals surface area contributed by atoms with Gasteiger partial charge in [0.2, 0.25) is 0 Å². The molecule has 0 amide bonds. The lowest BCUT2D eigenvalue weighted by molar-refractivity contribution is 0.572. The molecule has 2 heterocycles. The van der Waals surface area contributed by atoms with Crippen LogP contribution >= 0.6 is 15.9 Å². The molecule has 70 valence electrons. The molecule has 3 nitrogen and oxygen atoms in total. The van der Waals surface area contributed by atoms with Crippen LogP contribution in [0.25, 0.3) is 0 Å². The third kappa shape index (κ3) is 2.18. The number of hydrogen-bond acceptors (Lipinski definition) is 3. The summed E-state index contributed by atoms with van der Waals surface area (Å²) in [4.78, 5) is 7.00. The molecule has 1 saturated heterocycles. The lowest BCUT2D eigenvalue weighted by Gasteiger charge is -2.27. The van der Waals surface area contributed by atoms with Crippen molar-refractivity contribution in [1.82, 2.24) is 9.97 Å². The van der Waals surface area contributed by atoms with E-state index in [4.69, 9.17) is 16.4 Å². The molecule has 0 N–H and O–H groups in total. The second-order valence-corrected chi connectivity index (χ2v) is 2.75. The Balaban J connectivity index is 2.87. The summed E-state index contributed by atoms with van der Waals surface area (Å²) >= 11 is 2.82. The molecule has 1 fully saturated rings. The maximum Gasteiger partial charge on any atom is 0.148 e. The first kappa shape index (κ1) is 2.48. The van der Waals surface area contributed by atoms with Gasteiger partial charge >= 0.3 is 0 Å². The Labute approximate surface area is 103 Å². The fourth-order valence-corrected chi connectivity index (χ4v) is 0.956. The summed E-state index contributed by atoms with van der Waals surface area (Å²) in [5.74, 6) is -0.860. The SMILES string of the molecule is [2H]c1nc([2H])c(N2C([2H])([2H])C([2H])([2H])C([2H])([2H])C([2H])([2H])C2([2H])[2H])nc1Br. The van der Waals surface area contributed by atoms with Crippen LogP contribution in [0.3, 0.4) is 0 Å². The van der Waals surface area contributed by atoms with Crippen molar-refractivity contribution in [3.63, 3.8) is 0 Å². The molecule has 0 atom stereocenters. The van der Waals surface area contributed by atoms with E-state index in [2.05, 4.69) is 25.9 Å². The number of nitrogens with zero attached hydrogens (tertiary/aromatic N) is 3. The van der Waals surface area contributed by atoms with Gasteiger partial charge in [0.25, 0.3) is 0 Å². The van der Waals surface area contributed by atoms with E-state index in [-0.39, 0.29) is 9.50 Å². The molecule has 1 aliphatic heterocycles. The maximum atomic E-state index is 7.99. The summed E-state index contributed by atoms with van der Waals surface area (Å²) in [7, 11) is 0. The highest BCUT2D eigenvalue weighted by Gasteiger charge is 2.11. The first-order chi connectivity index (χ1) is 10.9. The van der Waals surface area contributed by atoms with E-state index in [1.807, 2.05) is 0 Å². The molecule has 0 saturated carbocycles. The summed E-state index contributed by atoms with van der Waals surface area (Å²) in [5, 5.41) is 0. The first-order valence-corrected chi connectivity index (χ1v) is 4.05. The number of anilines is 1. The van der Waals surface area contributed by atoms with Gasteiger partial charge in [0.05, 0.1) is 15.1 Å². The first-order valence-electron chi connectivity index (χ1n) is 9.25. The zero-order valence-electron chi connectivity index (χ0n) is 18.2. The molecule has 1 aromatic heterocycles. The van der Waals surface area contributed by atoms with Gasteiger partial charge < -0.3 is 4.90 Å². The fraction of sp³-hybridized carbons (Fsp3) is 0.556. The highest BCUT2D eigenvalue weighted by Crippen LogP contribution is 2.17. The second kappa shape index (κ2) is 4.05. The van der Waals surface area contributed by atoms with Gasteiger partial charge in [-0.1, -0.05) is 0 Å². The van der Waals surface area contributed by atoms with Crippen molar-refractivity contribution in [2.45, 2.75) is 19.1 Å². The van der Waals surface area contributed by atoms with E-state index >= 15 is 0 Å². The van der Waals surface area contributed by atoms with Crippen molar-refractivity contribution in [3.05, 3.63) is 16.9 Å². The van der Waals surface area contributed by atoms with Crippen LogP contribution in [0.4, 0.5) is 5.82 Å². The average molecular weight is 254 g/mol. The Bertz CT molecular complexity index is 690. The number of hydrogen-bond donors (Lipinski definition) is 0. The van der Waals surface area contributed by atoms with E-state index in [0.29, 0.717) is 0 Å². The molecule has 0 aromatic carbocycles. The molecule has 1 aromatic rings. The smallest absolute Gasteiger partial charge is 0.148 e. The van der Waals surface area contributed by atoms with Gasteiger partial charge in [0.1, 0.15) is 10.4 Å². The van der Waals surface area contributed by atoms with Gasteiger partial charge in [-0.2, -0.15) is 0 Å². The minimum Gasteiger partial charge on any atom is -0.355 e. The predicted molar refractivity (Wildman–Crippen MR) is 55.8 cm³/mol. The van der Waals surface area contributed by atoms with Crippen LogP contribution in [0.1, 0.15) is 35.6 Å². The van der Waals surface area contributed by atoms with Crippen molar-refractivity contribution in [1.29, 1.82) is 0 Å². The monoisotopic (exact) mass is 253 g/mol. The van der Waals surface area contributed by atoms with Gasteiger partial charge in [-0.05, 0) is 35.0 Å². The van der Waals surface area contributed by atoms with Crippen LogP contribution < -0.4 is 4.90 Å². The van der Waals surface area contributed by atoms with E-state index in [1.54, 1.807) is 0 Å². The molecule has 4 heteroatoms. The molecular weight excluding hydrogens is 230 g/mol. The highest BCUT2D eigenvalue weighted by atomic mass is 79.9. The second-order valence-electron chi connectivity index (χ2n) is 2.00. The number of halogens is 1. The zero-order chi connectivity index (χ0) is 19.8. The molecule has 0 spiro atoms. The zero-order valence-corrected chi connectivity index (χ0v) is 7.81. The van der Waals surface area contributed by atoms with Gasteiger partial charge in [0.15, 0.2) is 0 Å². The third-order valence-electron chi connectivity index (χ3n) is 1.18. The molecule has 0 bridgehead atoms. The van der Waals surface area contributed by atoms with E-state index in [1.165, 1.54) is 0 Å². The minimum atomic E-state index is -3.55. The lowest BCUT2D eigenvalue weighted by atomic mass is 10.1. The number of rotatable bonds is 1. The van der Waals surface area contributed by atoms with Crippen molar-refractivity contribution >= 4 is 21.7 Å². The summed E-state index contributed by atoms with van der Waals surface area (Å²) in [5.41, 5.74) is 0. The minimum absolute atomic E-state index is 0.0547. The summed E-state index contributed by atoms with van der Waals surface area (Å²) in [6, 6.07) is 0. The van der Waals surface area contributed by atoms with Crippen LogP contribution in [0.5, 0.6) is 0 Å². The molecule has 1 aliphatic rings. The summed E-state index contributed by atoms with van der Waals surface area (Å²) in [6.07, 6.45) is -12.0. The highest BCUT2D eigenvalue weighted by molar-refractivity contribution is 9.10. The quantitative estimate of drug-likeness (QED) is 0.769. The van der Waals surface area contributed by atoms with Crippen LogP contribution in [-0.2, 0) is 0 Å². The van der Waals surface area contributed by atoms with Crippen LogP contribution in [0, 0.1) is 0 Å². The Hall–Kier alpha value is -0.640. The molecular formula is C9H12BrN3. The number of piperidine rings is 1. The van der Waals surface area contributed by atoms with Gasteiger partial charge in [0, 0.05) is 26.7 Å². The van der Waals surface area contributed by atoms with Crippen molar-refractivity contribution in [2.24, 2.45) is 0 Å². The topological polar surface area (TPSA) is 29.0 Å². The Morgan fingerprint density at radius 2 is 2.15 bits per heavy atom. The average Bonchev–Trinajstić information content (AvgIpc) is 2.42. The summed E-state index contributed by atoms with van der Waals surface area (Å²) in [6.45, 7) is -6.86. The largest absolute Gasteiger partial charge is 0.355 e. The molecule has 0 aliphatic carbocycles. The normalized spacial score (nSPS) is 50.4. The predicted octanol–water partition coefficient (Wildman–Crippen LogP) is 2.23. The Morgan fingerprint density at radius 3 is 2.92 bits per heavy atom. The molecule has 0 unspecified atom stereocenters. The molecule has 13 heavy (non-hydrogen) atoms. The van der Waals surface area contributed by atoms with Crippen LogP contribution in [0.2, 0.25) is 0 Å². The van der Waals surface area contributed by atoms with E-state index < -0.39 is 50.3 Å². The van der Waals surface area contributed by atoms with E-state index in [9.17, 15) is 0 Å². The lowest BCUT2D eigenvalue weighted by Crippen LogP contribution is -2.30. The van der Waals surface area contributed by atoms with E-state index in [0.717, 1.165) is 0 Å². The molecule has 0 radical (unpaired) electrons. The van der Waals surface area contributed by atoms with Gasteiger partial charge in [-0.3, -0.25) is 4.98 Å². The summed E-state index contributed by atoms with van der Waals surface area (Å²) < 4.78 is 93.5. The van der Waals surface area contributed by atoms with Gasteiger partial charge in [-0.15, -0.1) is 0 Å². The standard InChI is InChI=1S/C9H12BrN3/c10-8-6-11-7-9(12-8)13-4-2-1-3-5-13/h6-7H,1-5H2/i1D2,2D2,3D2,4D2,5D2,6D,7D.